The number of nitrogens with zero attached hydrogens (tertiary/aromatic N) is 1. The predicted molar refractivity (Wildman–Crippen MR) is 82.8 cm³/mol. The molecule has 0 heterocycles. The van der Waals surface area contributed by atoms with E-state index in [-0.39, 0.29) is 0 Å². The van der Waals surface area contributed by atoms with Gasteiger partial charge in [-0.25, -0.2) is 0 Å². The first-order chi connectivity index (χ1) is 8.60. The Morgan fingerprint density at radius 3 is 2.61 bits per heavy atom. The maximum absolute atomic E-state index is 5.95. The molecule has 0 bridgehead atoms. The van der Waals surface area contributed by atoms with Gasteiger partial charge in [0.25, 0.3) is 0 Å². The van der Waals surface area contributed by atoms with Gasteiger partial charge in [0.15, 0.2) is 0 Å². The van der Waals surface area contributed by atoms with Crippen molar-refractivity contribution in [3.05, 3.63) is 33.8 Å². The first-order valence-electron chi connectivity index (χ1n) is 6.76. The molecule has 102 valence electrons. The van der Waals surface area contributed by atoms with Gasteiger partial charge in [0.2, 0.25) is 0 Å². The third kappa shape index (κ3) is 4.38. The molecule has 0 aromatic heterocycles. The van der Waals surface area contributed by atoms with Gasteiger partial charge in [-0.15, -0.1) is 0 Å². The van der Waals surface area contributed by atoms with Crippen molar-refractivity contribution in [2.45, 2.75) is 39.2 Å². The molecule has 0 amide bonds. The fourth-order valence-electron chi connectivity index (χ4n) is 2.21. The molecule has 0 aliphatic heterocycles. The second-order valence-electron chi connectivity index (χ2n) is 4.96. The van der Waals surface area contributed by atoms with Gasteiger partial charge < -0.3 is 5.73 Å². The summed E-state index contributed by atoms with van der Waals surface area (Å²) >= 11 is 3.66. The Morgan fingerprint density at radius 1 is 1.33 bits per heavy atom. The van der Waals surface area contributed by atoms with Crippen molar-refractivity contribution in [3.8, 4) is 0 Å². The minimum atomic E-state index is 0.303. The second kappa shape index (κ2) is 7.93. The summed E-state index contributed by atoms with van der Waals surface area (Å²) in [4.78, 5) is 2.37. The number of aryl methyl sites for hydroxylation is 1. The van der Waals surface area contributed by atoms with Crippen LogP contribution in [-0.4, -0.2) is 25.0 Å². The highest BCUT2D eigenvalue weighted by molar-refractivity contribution is 9.10. The van der Waals surface area contributed by atoms with Crippen LogP contribution in [0.4, 0.5) is 0 Å². The molecular weight excluding hydrogens is 288 g/mol. The second-order valence-corrected chi connectivity index (χ2v) is 5.82. The monoisotopic (exact) mass is 312 g/mol. The van der Waals surface area contributed by atoms with Crippen LogP contribution < -0.4 is 5.73 Å². The molecule has 18 heavy (non-hydrogen) atoms. The van der Waals surface area contributed by atoms with Crippen molar-refractivity contribution >= 4 is 15.9 Å². The van der Waals surface area contributed by atoms with E-state index in [4.69, 9.17) is 5.73 Å². The lowest BCUT2D eigenvalue weighted by atomic mass is 10.0. The number of likely N-dealkylation sites (N-methyl/N-ethyl adjacent to an activating group) is 1. The zero-order chi connectivity index (χ0) is 13.5. The molecule has 0 aliphatic carbocycles. The van der Waals surface area contributed by atoms with E-state index in [1.54, 1.807) is 0 Å². The average molecular weight is 313 g/mol. The largest absolute Gasteiger partial charge is 0.329 e. The van der Waals surface area contributed by atoms with E-state index >= 15 is 0 Å². The Hall–Kier alpha value is -0.380. The lowest BCUT2D eigenvalue weighted by Gasteiger charge is -2.28. The Morgan fingerprint density at radius 2 is 2.06 bits per heavy atom. The van der Waals surface area contributed by atoms with Gasteiger partial charge in [0.1, 0.15) is 0 Å². The minimum absolute atomic E-state index is 0.303. The fourth-order valence-corrected chi connectivity index (χ4v) is 2.97. The van der Waals surface area contributed by atoms with Gasteiger partial charge in [-0.1, -0.05) is 47.8 Å². The van der Waals surface area contributed by atoms with E-state index in [0.29, 0.717) is 12.6 Å². The molecule has 2 N–H and O–H groups in total. The van der Waals surface area contributed by atoms with E-state index in [2.05, 4.69) is 59.9 Å². The van der Waals surface area contributed by atoms with Crippen LogP contribution in [0.2, 0.25) is 0 Å². The Bertz CT molecular complexity index is 366. The molecule has 3 heteroatoms. The van der Waals surface area contributed by atoms with Gasteiger partial charge in [0, 0.05) is 17.1 Å². The van der Waals surface area contributed by atoms with Crippen molar-refractivity contribution in [2.24, 2.45) is 5.73 Å². The average Bonchev–Trinajstić information content (AvgIpc) is 2.33. The van der Waals surface area contributed by atoms with Crippen molar-refractivity contribution in [1.29, 1.82) is 0 Å². The zero-order valence-corrected chi connectivity index (χ0v) is 13.3. The molecule has 0 aliphatic rings. The first kappa shape index (κ1) is 15.7. The number of hydrogen-bond acceptors (Lipinski definition) is 2. The summed E-state index contributed by atoms with van der Waals surface area (Å²) < 4.78 is 1.17. The summed E-state index contributed by atoms with van der Waals surface area (Å²) in [5.41, 5.74) is 8.52. The molecule has 1 aromatic rings. The van der Waals surface area contributed by atoms with Crippen LogP contribution in [0.1, 0.15) is 43.4 Å². The van der Waals surface area contributed by atoms with E-state index < -0.39 is 0 Å². The fraction of sp³-hybridized carbons (Fsp3) is 0.600. The molecule has 1 atom stereocenters. The molecule has 1 rings (SSSR count). The minimum Gasteiger partial charge on any atom is -0.329 e. The Labute approximate surface area is 120 Å². The van der Waals surface area contributed by atoms with Crippen LogP contribution in [0.15, 0.2) is 22.7 Å². The van der Waals surface area contributed by atoms with Crippen LogP contribution in [-0.2, 0) is 0 Å². The molecular formula is C15H25BrN2. The lowest BCUT2D eigenvalue weighted by Crippen LogP contribution is -2.31. The third-order valence-electron chi connectivity index (χ3n) is 3.38. The van der Waals surface area contributed by atoms with Crippen LogP contribution in [0.3, 0.4) is 0 Å². The number of rotatable bonds is 7. The van der Waals surface area contributed by atoms with Crippen molar-refractivity contribution in [1.82, 2.24) is 4.90 Å². The molecule has 2 nitrogen and oxygen atoms in total. The Kier molecular flexibility index (Phi) is 6.90. The third-order valence-corrected chi connectivity index (χ3v) is 4.07. The standard InChI is InChI=1S/C15H25BrN2/c1-4-5-6-9-18(3)15(11-17)13-8-7-12(2)10-14(13)16/h7-8,10,15H,4-6,9,11,17H2,1-3H3. The van der Waals surface area contributed by atoms with Crippen LogP contribution >= 0.6 is 15.9 Å². The highest BCUT2D eigenvalue weighted by atomic mass is 79.9. The predicted octanol–water partition coefficient (Wildman–Crippen LogP) is 3.88. The molecule has 0 spiro atoms. The SMILES string of the molecule is CCCCCN(C)C(CN)c1ccc(C)cc1Br. The summed E-state index contributed by atoms with van der Waals surface area (Å²) in [5, 5.41) is 0. The number of unbranched alkanes of at least 4 members (excludes halogenated alkanes) is 2. The van der Waals surface area contributed by atoms with Gasteiger partial charge >= 0.3 is 0 Å². The topological polar surface area (TPSA) is 29.3 Å². The molecule has 0 radical (unpaired) electrons. The van der Waals surface area contributed by atoms with Crippen LogP contribution in [0.5, 0.6) is 0 Å². The van der Waals surface area contributed by atoms with Gasteiger partial charge in [0.05, 0.1) is 0 Å². The smallest absolute Gasteiger partial charge is 0.0478 e. The van der Waals surface area contributed by atoms with Crippen molar-refractivity contribution in [2.75, 3.05) is 20.1 Å². The zero-order valence-electron chi connectivity index (χ0n) is 11.7. The van der Waals surface area contributed by atoms with Crippen LogP contribution in [0, 0.1) is 6.92 Å². The summed E-state index contributed by atoms with van der Waals surface area (Å²) in [6.45, 7) is 6.11. The molecule has 1 aromatic carbocycles. The molecule has 0 saturated heterocycles. The molecule has 0 saturated carbocycles. The maximum Gasteiger partial charge on any atom is 0.0478 e. The summed E-state index contributed by atoms with van der Waals surface area (Å²) in [6, 6.07) is 6.81. The molecule has 1 unspecified atom stereocenters. The van der Waals surface area contributed by atoms with E-state index in [1.807, 2.05) is 0 Å². The lowest BCUT2D eigenvalue weighted by molar-refractivity contribution is 0.244. The number of hydrogen-bond donors (Lipinski definition) is 1. The Balaban J connectivity index is 2.75. The van der Waals surface area contributed by atoms with Gasteiger partial charge in [-0.2, -0.15) is 0 Å². The normalized spacial score (nSPS) is 13.0. The first-order valence-corrected chi connectivity index (χ1v) is 7.55. The summed E-state index contributed by atoms with van der Waals surface area (Å²) in [6.07, 6.45) is 3.79. The van der Waals surface area contributed by atoms with Crippen molar-refractivity contribution in [3.63, 3.8) is 0 Å². The highest BCUT2D eigenvalue weighted by Gasteiger charge is 2.17. The summed E-state index contributed by atoms with van der Waals surface area (Å²) in [5.74, 6) is 0. The van der Waals surface area contributed by atoms with Gasteiger partial charge in [-0.05, 0) is 44.1 Å². The number of halogens is 1. The quantitative estimate of drug-likeness (QED) is 0.774. The van der Waals surface area contributed by atoms with E-state index in [0.717, 1.165) is 6.54 Å². The highest BCUT2D eigenvalue weighted by Crippen LogP contribution is 2.27. The van der Waals surface area contributed by atoms with E-state index in [9.17, 15) is 0 Å². The van der Waals surface area contributed by atoms with E-state index in [1.165, 1.54) is 34.9 Å². The van der Waals surface area contributed by atoms with Crippen molar-refractivity contribution < 1.29 is 0 Å². The molecule has 0 fully saturated rings. The summed E-state index contributed by atoms with van der Waals surface area (Å²) in [7, 11) is 2.17. The maximum atomic E-state index is 5.95. The van der Waals surface area contributed by atoms with Gasteiger partial charge in [-0.3, -0.25) is 4.90 Å². The van der Waals surface area contributed by atoms with Crippen LogP contribution in [0.25, 0.3) is 0 Å². The number of benzene rings is 1. The number of nitrogens with two attached hydrogens (primary N) is 1.